The number of nitrogens with one attached hydrogen (secondary N) is 1. The Morgan fingerprint density at radius 2 is 2.13 bits per heavy atom. The zero-order chi connectivity index (χ0) is 22.6. The van der Waals surface area contributed by atoms with Crippen molar-refractivity contribution >= 4 is 6.09 Å². The molecular weight excluding hydrogens is 398 g/mol. The zero-order valence-corrected chi connectivity index (χ0v) is 19.0. The number of amides is 1. The van der Waals surface area contributed by atoms with E-state index in [1.807, 2.05) is 33.8 Å². The van der Waals surface area contributed by atoms with Gasteiger partial charge < -0.3 is 24.3 Å². The summed E-state index contributed by atoms with van der Waals surface area (Å²) in [5.41, 5.74) is 3.95. The first-order valence-corrected chi connectivity index (χ1v) is 10.6. The van der Waals surface area contributed by atoms with E-state index in [1.54, 1.807) is 0 Å². The molecule has 31 heavy (non-hydrogen) atoms. The maximum Gasteiger partial charge on any atom is 0.407 e. The number of fused-ring (bicyclic) bond motifs is 1. The molecule has 1 aliphatic rings. The van der Waals surface area contributed by atoms with Gasteiger partial charge in [-0.3, -0.25) is 4.90 Å². The first kappa shape index (κ1) is 23.1. The Labute approximate surface area is 183 Å². The van der Waals surface area contributed by atoms with Crippen LogP contribution in [0.2, 0.25) is 0 Å². The largest absolute Gasteiger partial charge is 0.485 e. The highest BCUT2D eigenvalue weighted by Crippen LogP contribution is 2.30. The van der Waals surface area contributed by atoms with E-state index in [1.165, 1.54) is 17.5 Å². The maximum atomic E-state index is 11.8. The van der Waals surface area contributed by atoms with Gasteiger partial charge in [0.15, 0.2) is 12.2 Å². The van der Waals surface area contributed by atoms with Crippen LogP contribution in [0.4, 0.5) is 4.79 Å². The van der Waals surface area contributed by atoms with Crippen molar-refractivity contribution in [2.24, 2.45) is 0 Å². The SMILES string of the molecule is Cc1ncoc1COc1ccc2c(c1C)CCN(CC(O)CNC(=O)OC(C)(C)C)C2. The topological polar surface area (TPSA) is 97.1 Å². The third kappa shape index (κ3) is 6.45. The average molecular weight is 432 g/mol. The Hall–Kier alpha value is -2.58. The Kier molecular flexibility index (Phi) is 7.23. The molecular formula is C23H33N3O5. The lowest BCUT2D eigenvalue weighted by atomic mass is 9.94. The number of aryl methyl sites for hydroxylation is 1. The molecule has 2 aromatic rings. The van der Waals surface area contributed by atoms with E-state index in [2.05, 4.69) is 28.2 Å². The molecule has 2 heterocycles. The number of aliphatic hydroxyl groups excluding tert-OH is 1. The van der Waals surface area contributed by atoms with Gasteiger partial charge in [0.1, 0.15) is 18.0 Å². The molecule has 1 unspecified atom stereocenters. The summed E-state index contributed by atoms with van der Waals surface area (Å²) < 4.78 is 16.5. The zero-order valence-electron chi connectivity index (χ0n) is 19.0. The smallest absolute Gasteiger partial charge is 0.407 e. The number of benzene rings is 1. The molecule has 1 aromatic heterocycles. The van der Waals surface area contributed by atoms with Gasteiger partial charge in [-0.05, 0) is 63.8 Å². The number of β-amino-alcohol motifs (C(OH)–C–C–N with tert-alkyl or cyclic N) is 1. The molecule has 170 valence electrons. The van der Waals surface area contributed by atoms with E-state index in [-0.39, 0.29) is 6.54 Å². The molecule has 1 aliphatic heterocycles. The lowest BCUT2D eigenvalue weighted by molar-refractivity contribution is 0.0464. The minimum absolute atomic E-state index is 0.158. The molecule has 0 fully saturated rings. The number of nitrogens with zero attached hydrogens (tertiary/aromatic N) is 2. The van der Waals surface area contributed by atoms with Crippen LogP contribution in [0.5, 0.6) is 5.75 Å². The molecule has 8 heteroatoms. The second kappa shape index (κ2) is 9.70. The minimum Gasteiger partial charge on any atom is -0.485 e. The van der Waals surface area contributed by atoms with Crippen LogP contribution in [0.1, 0.15) is 48.9 Å². The summed E-state index contributed by atoms with van der Waals surface area (Å²) in [5, 5.41) is 13.0. The third-order valence-corrected chi connectivity index (χ3v) is 5.27. The summed E-state index contributed by atoms with van der Waals surface area (Å²) >= 11 is 0. The molecule has 8 nitrogen and oxygen atoms in total. The lowest BCUT2D eigenvalue weighted by Crippen LogP contribution is -2.43. The molecule has 1 amide bonds. The van der Waals surface area contributed by atoms with Gasteiger partial charge in [-0.25, -0.2) is 9.78 Å². The fraction of sp³-hybridized carbons (Fsp3) is 0.565. The minimum atomic E-state index is -0.664. The number of ether oxygens (including phenoxy) is 2. The summed E-state index contributed by atoms with van der Waals surface area (Å²) in [6, 6.07) is 4.08. The van der Waals surface area contributed by atoms with E-state index in [0.29, 0.717) is 13.2 Å². The normalized spacial score (nSPS) is 15.3. The van der Waals surface area contributed by atoms with Gasteiger partial charge in [0.2, 0.25) is 0 Å². The van der Waals surface area contributed by atoms with E-state index in [9.17, 15) is 9.90 Å². The molecule has 0 aliphatic carbocycles. The highest BCUT2D eigenvalue weighted by atomic mass is 16.6. The maximum absolute atomic E-state index is 11.8. The monoisotopic (exact) mass is 431 g/mol. The Morgan fingerprint density at radius 1 is 1.35 bits per heavy atom. The number of carbonyl (C=O) groups excluding carboxylic acids is 1. The number of oxazole rings is 1. The molecule has 0 saturated heterocycles. The fourth-order valence-electron chi connectivity index (χ4n) is 3.68. The van der Waals surface area contributed by atoms with Crippen molar-refractivity contribution in [3.05, 3.63) is 46.7 Å². The predicted octanol–water partition coefficient (Wildman–Crippen LogP) is 3.11. The van der Waals surface area contributed by atoms with Crippen LogP contribution in [-0.2, 0) is 24.3 Å². The van der Waals surface area contributed by atoms with Crippen molar-refractivity contribution in [3.63, 3.8) is 0 Å². The molecule has 0 saturated carbocycles. The standard InChI is InChI=1S/C23H33N3O5/c1-15-19-8-9-26(12-18(27)10-24-22(28)31-23(3,4)5)11-17(19)6-7-20(15)29-13-21-16(2)25-14-30-21/h6-7,14,18,27H,8-13H2,1-5H3,(H,24,28). The van der Waals surface area contributed by atoms with E-state index < -0.39 is 17.8 Å². The summed E-state index contributed by atoms with van der Waals surface area (Å²) in [4.78, 5) is 18.0. The molecule has 0 spiro atoms. The summed E-state index contributed by atoms with van der Waals surface area (Å²) in [7, 11) is 0. The number of alkyl carbamates (subject to hydrolysis) is 1. The van der Waals surface area contributed by atoms with E-state index >= 15 is 0 Å². The van der Waals surface area contributed by atoms with Crippen LogP contribution in [-0.4, -0.2) is 52.4 Å². The Bertz CT molecular complexity index is 903. The molecule has 2 N–H and O–H groups in total. The first-order valence-electron chi connectivity index (χ1n) is 10.6. The van der Waals surface area contributed by atoms with Gasteiger partial charge in [0, 0.05) is 26.2 Å². The highest BCUT2D eigenvalue weighted by Gasteiger charge is 2.23. The molecule has 3 rings (SSSR count). The summed E-state index contributed by atoms with van der Waals surface area (Å²) in [5.74, 6) is 1.59. The quantitative estimate of drug-likeness (QED) is 0.695. The Balaban J connectivity index is 1.52. The van der Waals surface area contributed by atoms with Crippen LogP contribution < -0.4 is 10.1 Å². The Morgan fingerprint density at radius 3 is 2.81 bits per heavy atom. The van der Waals surface area contributed by atoms with Gasteiger partial charge in [-0.1, -0.05) is 6.07 Å². The van der Waals surface area contributed by atoms with Gasteiger partial charge >= 0.3 is 6.09 Å². The third-order valence-electron chi connectivity index (χ3n) is 5.27. The van der Waals surface area contributed by atoms with Gasteiger partial charge in [-0.15, -0.1) is 0 Å². The summed E-state index contributed by atoms with van der Waals surface area (Å²) in [6.45, 7) is 12.0. The predicted molar refractivity (Wildman–Crippen MR) is 116 cm³/mol. The van der Waals surface area contributed by atoms with Gasteiger partial charge in [0.25, 0.3) is 0 Å². The number of hydrogen-bond donors (Lipinski definition) is 2. The number of hydrogen-bond acceptors (Lipinski definition) is 7. The molecule has 1 atom stereocenters. The average Bonchev–Trinajstić information content (AvgIpc) is 3.09. The fourth-order valence-corrected chi connectivity index (χ4v) is 3.68. The van der Waals surface area contributed by atoms with Crippen molar-refractivity contribution in [2.75, 3.05) is 19.6 Å². The number of rotatable bonds is 7. The molecule has 0 bridgehead atoms. The van der Waals surface area contributed by atoms with Crippen LogP contribution in [0, 0.1) is 13.8 Å². The van der Waals surface area contributed by atoms with E-state index in [0.717, 1.165) is 42.3 Å². The van der Waals surface area contributed by atoms with Crippen molar-refractivity contribution in [1.29, 1.82) is 0 Å². The van der Waals surface area contributed by atoms with Crippen molar-refractivity contribution in [2.45, 2.75) is 65.9 Å². The lowest BCUT2D eigenvalue weighted by Gasteiger charge is -2.31. The first-order chi connectivity index (χ1) is 14.6. The second-order valence-corrected chi connectivity index (χ2v) is 9.00. The molecule has 1 aromatic carbocycles. The van der Waals surface area contributed by atoms with Gasteiger partial charge in [-0.2, -0.15) is 0 Å². The number of carbonyl (C=O) groups is 1. The van der Waals surface area contributed by atoms with Crippen molar-refractivity contribution in [1.82, 2.24) is 15.2 Å². The van der Waals surface area contributed by atoms with Crippen LogP contribution in [0.15, 0.2) is 22.9 Å². The van der Waals surface area contributed by atoms with E-state index in [4.69, 9.17) is 13.9 Å². The second-order valence-electron chi connectivity index (χ2n) is 9.00. The van der Waals surface area contributed by atoms with Crippen LogP contribution in [0.3, 0.4) is 0 Å². The van der Waals surface area contributed by atoms with Crippen molar-refractivity contribution in [3.8, 4) is 5.75 Å². The van der Waals surface area contributed by atoms with Crippen LogP contribution in [0.25, 0.3) is 0 Å². The van der Waals surface area contributed by atoms with Crippen molar-refractivity contribution < 1.29 is 23.8 Å². The highest BCUT2D eigenvalue weighted by molar-refractivity contribution is 5.67. The van der Waals surface area contributed by atoms with Gasteiger partial charge in [0.05, 0.1) is 11.8 Å². The molecule has 0 radical (unpaired) electrons. The number of aliphatic hydroxyl groups is 1. The number of aromatic nitrogens is 1. The van der Waals surface area contributed by atoms with Crippen LogP contribution >= 0.6 is 0 Å². The summed E-state index contributed by atoms with van der Waals surface area (Å²) in [6.07, 6.45) is 1.13.